The zero-order chi connectivity index (χ0) is 21.3. The third-order valence-electron chi connectivity index (χ3n) is 5.18. The van der Waals surface area contributed by atoms with Gasteiger partial charge in [0.25, 0.3) is 0 Å². The van der Waals surface area contributed by atoms with E-state index >= 15 is 0 Å². The summed E-state index contributed by atoms with van der Waals surface area (Å²) in [6.07, 6.45) is 0.375. The quantitative estimate of drug-likeness (QED) is 0.366. The van der Waals surface area contributed by atoms with E-state index in [0.29, 0.717) is 13.0 Å². The van der Waals surface area contributed by atoms with Gasteiger partial charge in [-0.3, -0.25) is 4.79 Å². The Hall–Kier alpha value is -3.85. The fourth-order valence-corrected chi connectivity index (χ4v) is 3.57. The number of rotatable bonds is 8. The van der Waals surface area contributed by atoms with E-state index in [4.69, 9.17) is 4.74 Å². The Labute approximate surface area is 183 Å². The minimum atomic E-state index is -0.0179. The Morgan fingerprint density at radius 1 is 0.677 bits per heavy atom. The van der Waals surface area contributed by atoms with Crippen molar-refractivity contribution in [2.75, 3.05) is 5.32 Å². The summed E-state index contributed by atoms with van der Waals surface area (Å²) in [4.78, 5) is 12.8. The molecule has 0 aliphatic carbocycles. The molecule has 31 heavy (non-hydrogen) atoms. The summed E-state index contributed by atoms with van der Waals surface area (Å²) in [6, 6.07) is 37.9. The van der Waals surface area contributed by atoms with E-state index in [1.54, 1.807) is 0 Å². The van der Waals surface area contributed by atoms with Crippen molar-refractivity contribution >= 4 is 11.6 Å². The fourth-order valence-electron chi connectivity index (χ4n) is 3.57. The second-order valence-electron chi connectivity index (χ2n) is 7.42. The van der Waals surface area contributed by atoms with Gasteiger partial charge in [-0.2, -0.15) is 0 Å². The van der Waals surface area contributed by atoms with E-state index in [-0.39, 0.29) is 11.8 Å². The number of benzene rings is 4. The number of amides is 1. The van der Waals surface area contributed by atoms with E-state index in [1.165, 1.54) is 0 Å². The fraction of sp³-hybridized carbons (Fsp3) is 0.107. The monoisotopic (exact) mass is 407 g/mol. The average molecular weight is 408 g/mol. The lowest BCUT2D eigenvalue weighted by Crippen LogP contribution is -2.16. The second-order valence-corrected chi connectivity index (χ2v) is 7.42. The minimum absolute atomic E-state index is 0.0101. The van der Waals surface area contributed by atoms with Gasteiger partial charge in [0, 0.05) is 18.0 Å². The molecule has 0 saturated carbocycles. The second kappa shape index (κ2) is 10.3. The van der Waals surface area contributed by atoms with Crippen LogP contribution in [0.15, 0.2) is 115 Å². The molecule has 0 unspecified atom stereocenters. The number of nitrogens with one attached hydrogen (secondary N) is 1. The molecule has 0 atom stereocenters. The van der Waals surface area contributed by atoms with E-state index in [2.05, 4.69) is 29.6 Å². The van der Waals surface area contributed by atoms with Crippen LogP contribution in [0, 0.1) is 0 Å². The van der Waals surface area contributed by atoms with Crippen molar-refractivity contribution < 1.29 is 9.53 Å². The van der Waals surface area contributed by atoms with Crippen LogP contribution in [0.3, 0.4) is 0 Å². The predicted molar refractivity (Wildman–Crippen MR) is 125 cm³/mol. The molecule has 0 bridgehead atoms. The molecular formula is C28H25NO2. The molecule has 4 aromatic rings. The highest BCUT2D eigenvalue weighted by atomic mass is 16.5. The molecule has 3 nitrogen and oxygen atoms in total. The number of hydrogen-bond acceptors (Lipinski definition) is 2. The van der Waals surface area contributed by atoms with Crippen molar-refractivity contribution in [2.24, 2.45) is 0 Å². The van der Waals surface area contributed by atoms with E-state index in [9.17, 15) is 4.79 Å². The lowest BCUT2D eigenvalue weighted by Gasteiger charge is -2.18. The Morgan fingerprint density at radius 2 is 1.19 bits per heavy atom. The van der Waals surface area contributed by atoms with Gasteiger partial charge in [-0.05, 0) is 41.0 Å². The molecule has 0 radical (unpaired) electrons. The van der Waals surface area contributed by atoms with Gasteiger partial charge in [0.05, 0.1) is 0 Å². The van der Waals surface area contributed by atoms with Crippen LogP contribution in [0.25, 0.3) is 0 Å². The van der Waals surface area contributed by atoms with E-state index < -0.39 is 0 Å². The maximum Gasteiger partial charge on any atom is 0.225 e. The molecular weight excluding hydrogens is 382 g/mol. The largest absolute Gasteiger partial charge is 0.489 e. The summed E-state index contributed by atoms with van der Waals surface area (Å²) >= 11 is 0. The Balaban J connectivity index is 1.39. The zero-order valence-corrected chi connectivity index (χ0v) is 17.3. The molecule has 1 amide bonds. The van der Waals surface area contributed by atoms with Crippen molar-refractivity contribution in [3.05, 3.63) is 132 Å². The molecule has 154 valence electrons. The number of anilines is 1. The number of carbonyl (C=O) groups excluding carboxylic acids is 1. The molecule has 0 aliphatic heterocycles. The molecule has 0 aliphatic rings. The first kappa shape index (κ1) is 20.4. The van der Waals surface area contributed by atoms with Crippen LogP contribution >= 0.6 is 0 Å². The first-order chi connectivity index (χ1) is 15.3. The third-order valence-corrected chi connectivity index (χ3v) is 5.18. The lowest BCUT2D eigenvalue weighted by molar-refractivity contribution is -0.116. The molecule has 0 aromatic heterocycles. The highest BCUT2D eigenvalue weighted by Gasteiger charge is 2.18. The van der Waals surface area contributed by atoms with Gasteiger partial charge in [-0.15, -0.1) is 0 Å². The molecule has 3 heteroatoms. The summed E-state index contributed by atoms with van der Waals surface area (Å²) in [5.74, 6) is 0.764. The van der Waals surface area contributed by atoms with Crippen molar-refractivity contribution in [2.45, 2.75) is 18.9 Å². The van der Waals surface area contributed by atoms with Crippen LogP contribution in [0.2, 0.25) is 0 Å². The Bertz CT molecular complexity index is 1040. The maximum absolute atomic E-state index is 12.8. The Kier molecular flexibility index (Phi) is 6.76. The summed E-state index contributed by atoms with van der Waals surface area (Å²) in [6.45, 7) is 0.516. The summed E-state index contributed by atoms with van der Waals surface area (Å²) in [5, 5.41) is 3.02. The third kappa shape index (κ3) is 5.83. The average Bonchev–Trinajstić information content (AvgIpc) is 2.84. The van der Waals surface area contributed by atoms with Crippen molar-refractivity contribution in [3.63, 3.8) is 0 Å². The number of carbonyl (C=O) groups is 1. The molecule has 0 saturated heterocycles. The van der Waals surface area contributed by atoms with Crippen molar-refractivity contribution in [1.29, 1.82) is 0 Å². The van der Waals surface area contributed by atoms with Gasteiger partial charge >= 0.3 is 0 Å². The summed E-state index contributed by atoms with van der Waals surface area (Å²) in [5.41, 5.74) is 4.15. The summed E-state index contributed by atoms with van der Waals surface area (Å²) in [7, 11) is 0. The van der Waals surface area contributed by atoms with E-state index in [1.807, 2.05) is 91.0 Å². The van der Waals surface area contributed by atoms with Crippen LogP contribution in [-0.4, -0.2) is 5.91 Å². The maximum atomic E-state index is 12.8. The van der Waals surface area contributed by atoms with Crippen LogP contribution in [0.5, 0.6) is 5.75 Å². The number of hydrogen-bond donors (Lipinski definition) is 1. The van der Waals surface area contributed by atoms with Crippen molar-refractivity contribution in [1.82, 2.24) is 0 Å². The van der Waals surface area contributed by atoms with Gasteiger partial charge in [0.15, 0.2) is 0 Å². The minimum Gasteiger partial charge on any atom is -0.489 e. The van der Waals surface area contributed by atoms with Crippen LogP contribution in [-0.2, 0) is 11.4 Å². The molecule has 4 aromatic carbocycles. The topological polar surface area (TPSA) is 38.3 Å². The van der Waals surface area contributed by atoms with Crippen molar-refractivity contribution in [3.8, 4) is 5.75 Å². The highest BCUT2D eigenvalue weighted by Crippen LogP contribution is 2.28. The zero-order valence-electron chi connectivity index (χ0n) is 17.3. The first-order valence-corrected chi connectivity index (χ1v) is 10.4. The first-order valence-electron chi connectivity index (χ1n) is 10.4. The smallest absolute Gasteiger partial charge is 0.225 e. The molecule has 0 fully saturated rings. The highest BCUT2D eigenvalue weighted by molar-refractivity contribution is 5.91. The van der Waals surface area contributed by atoms with E-state index in [0.717, 1.165) is 28.1 Å². The van der Waals surface area contributed by atoms with Crippen LogP contribution < -0.4 is 10.1 Å². The SMILES string of the molecule is O=C(CC(c1ccccc1)c1ccccc1)Nc1ccc(OCc2ccccc2)cc1. The summed E-state index contributed by atoms with van der Waals surface area (Å²) < 4.78 is 5.82. The van der Waals surface area contributed by atoms with Crippen LogP contribution in [0.4, 0.5) is 5.69 Å². The molecule has 0 spiro atoms. The van der Waals surface area contributed by atoms with Gasteiger partial charge in [-0.25, -0.2) is 0 Å². The standard InChI is InChI=1S/C28H25NO2/c30-28(20-27(23-12-6-2-7-13-23)24-14-8-3-9-15-24)29-25-16-18-26(19-17-25)31-21-22-10-4-1-5-11-22/h1-19,27H,20-21H2,(H,29,30). The van der Waals surface area contributed by atoms with Gasteiger partial charge in [-0.1, -0.05) is 91.0 Å². The molecule has 1 N–H and O–H groups in total. The lowest BCUT2D eigenvalue weighted by atomic mass is 9.88. The Morgan fingerprint density at radius 3 is 1.74 bits per heavy atom. The van der Waals surface area contributed by atoms with Gasteiger partial charge < -0.3 is 10.1 Å². The molecule has 0 heterocycles. The van der Waals surface area contributed by atoms with Gasteiger partial charge in [0.1, 0.15) is 12.4 Å². The predicted octanol–water partition coefficient (Wildman–Crippen LogP) is 6.43. The normalized spacial score (nSPS) is 10.6. The molecule has 4 rings (SSSR count). The van der Waals surface area contributed by atoms with Gasteiger partial charge in [0.2, 0.25) is 5.91 Å². The van der Waals surface area contributed by atoms with Crippen LogP contribution in [0.1, 0.15) is 29.0 Å². The number of ether oxygens (including phenoxy) is 1.